The van der Waals surface area contributed by atoms with Crippen LogP contribution >= 0.6 is 22.7 Å². The molecule has 16 heavy (non-hydrogen) atoms. The van der Waals surface area contributed by atoms with E-state index in [9.17, 15) is 0 Å². The molecular formula is C11H15N3S2. The second kappa shape index (κ2) is 4.93. The van der Waals surface area contributed by atoms with Crippen LogP contribution < -0.4 is 5.32 Å². The van der Waals surface area contributed by atoms with Gasteiger partial charge in [0.1, 0.15) is 0 Å². The van der Waals surface area contributed by atoms with Crippen molar-refractivity contribution in [3.63, 3.8) is 0 Å². The number of aromatic nitrogens is 2. The predicted molar refractivity (Wildman–Crippen MR) is 71.5 cm³/mol. The van der Waals surface area contributed by atoms with Crippen LogP contribution in [0.5, 0.6) is 0 Å². The van der Waals surface area contributed by atoms with Gasteiger partial charge in [-0.25, -0.2) is 9.97 Å². The summed E-state index contributed by atoms with van der Waals surface area (Å²) in [7, 11) is 0. The monoisotopic (exact) mass is 253 g/mol. The van der Waals surface area contributed by atoms with Crippen molar-refractivity contribution in [2.45, 2.75) is 26.7 Å². The molecule has 1 N–H and O–H groups in total. The lowest BCUT2D eigenvalue weighted by Crippen LogP contribution is -1.95. The molecule has 0 saturated carbocycles. The zero-order valence-electron chi connectivity index (χ0n) is 9.65. The molecule has 0 amide bonds. The molecule has 86 valence electrons. The van der Waals surface area contributed by atoms with Gasteiger partial charge in [0.15, 0.2) is 5.13 Å². The van der Waals surface area contributed by atoms with Gasteiger partial charge >= 0.3 is 0 Å². The van der Waals surface area contributed by atoms with Crippen LogP contribution in [0.2, 0.25) is 0 Å². The van der Waals surface area contributed by atoms with Crippen molar-refractivity contribution < 1.29 is 0 Å². The van der Waals surface area contributed by atoms with E-state index in [0.29, 0.717) is 5.92 Å². The fourth-order valence-electron chi connectivity index (χ4n) is 1.47. The van der Waals surface area contributed by atoms with Crippen molar-refractivity contribution in [1.29, 1.82) is 0 Å². The van der Waals surface area contributed by atoms with Crippen LogP contribution in [0.4, 0.5) is 5.13 Å². The Kier molecular flexibility index (Phi) is 3.56. The molecule has 3 nitrogen and oxygen atoms in total. The van der Waals surface area contributed by atoms with Crippen molar-refractivity contribution in [3.05, 3.63) is 16.6 Å². The molecule has 0 saturated heterocycles. The zero-order chi connectivity index (χ0) is 11.5. The van der Waals surface area contributed by atoms with Gasteiger partial charge in [0.25, 0.3) is 0 Å². The summed E-state index contributed by atoms with van der Waals surface area (Å²) in [4.78, 5) is 10.2. The summed E-state index contributed by atoms with van der Waals surface area (Å²) >= 11 is 3.32. The van der Waals surface area contributed by atoms with Crippen molar-refractivity contribution in [2.75, 3.05) is 11.9 Å². The number of rotatable bonds is 4. The average Bonchev–Trinajstić information content (AvgIpc) is 2.83. The number of anilines is 1. The Labute approximate surface area is 104 Å². The van der Waals surface area contributed by atoms with E-state index in [-0.39, 0.29) is 0 Å². The Bertz CT molecular complexity index is 459. The van der Waals surface area contributed by atoms with Crippen molar-refractivity contribution in [1.82, 2.24) is 9.97 Å². The second-order valence-corrected chi connectivity index (χ2v) is 5.50. The number of hydrogen-bond acceptors (Lipinski definition) is 5. The van der Waals surface area contributed by atoms with Gasteiger partial charge < -0.3 is 5.32 Å². The smallest absolute Gasteiger partial charge is 0.183 e. The molecule has 0 atom stereocenters. The zero-order valence-corrected chi connectivity index (χ0v) is 11.3. The number of hydrogen-bond donors (Lipinski definition) is 1. The molecule has 0 aromatic carbocycles. The first kappa shape index (κ1) is 11.5. The minimum atomic E-state index is 0.450. The van der Waals surface area contributed by atoms with E-state index < -0.39 is 0 Å². The van der Waals surface area contributed by atoms with Gasteiger partial charge in [-0.15, -0.1) is 22.7 Å². The molecule has 0 spiro atoms. The molecule has 0 unspecified atom stereocenters. The highest BCUT2D eigenvalue weighted by Crippen LogP contribution is 2.33. The topological polar surface area (TPSA) is 37.8 Å². The van der Waals surface area contributed by atoms with Crippen molar-refractivity contribution in [3.8, 4) is 10.6 Å². The van der Waals surface area contributed by atoms with Crippen LogP contribution in [-0.2, 0) is 0 Å². The van der Waals surface area contributed by atoms with Crippen molar-refractivity contribution in [2.24, 2.45) is 0 Å². The molecule has 5 heteroatoms. The van der Waals surface area contributed by atoms with Gasteiger partial charge in [-0.3, -0.25) is 0 Å². The van der Waals surface area contributed by atoms with E-state index in [2.05, 4.69) is 41.4 Å². The average molecular weight is 253 g/mol. The fourth-order valence-corrected chi connectivity index (χ4v) is 3.22. The molecule has 0 bridgehead atoms. The summed E-state index contributed by atoms with van der Waals surface area (Å²) in [6.07, 6.45) is 0. The number of nitrogens with one attached hydrogen (secondary N) is 1. The van der Waals surface area contributed by atoms with Crippen LogP contribution in [0.25, 0.3) is 10.6 Å². The molecule has 0 aliphatic heterocycles. The predicted octanol–water partition coefficient (Wildman–Crippen LogP) is 3.82. The summed E-state index contributed by atoms with van der Waals surface area (Å²) in [6, 6.07) is 0. The van der Waals surface area contributed by atoms with Gasteiger partial charge in [0.05, 0.1) is 21.8 Å². The molecule has 2 rings (SSSR count). The SMILES string of the molecule is CCNc1nc(-c2scnc2C(C)C)cs1. The Balaban J connectivity index is 2.31. The van der Waals surface area contributed by atoms with Gasteiger partial charge in [0, 0.05) is 11.9 Å². The highest BCUT2D eigenvalue weighted by molar-refractivity contribution is 7.15. The molecule has 0 aliphatic carbocycles. The maximum Gasteiger partial charge on any atom is 0.183 e. The maximum atomic E-state index is 4.56. The van der Waals surface area contributed by atoms with Crippen LogP contribution in [-0.4, -0.2) is 16.5 Å². The van der Waals surface area contributed by atoms with Gasteiger partial charge in [0.2, 0.25) is 0 Å². The van der Waals surface area contributed by atoms with E-state index in [4.69, 9.17) is 0 Å². The summed E-state index contributed by atoms with van der Waals surface area (Å²) in [5.74, 6) is 0.450. The first-order valence-electron chi connectivity index (χ1n) is 5.35. The Morgan fingerprint density at radius 2 is 2.19 bits per heavy atom. The first-order valence-corrected chi connectivity index (χ1v) is 7.11. The van der Waals surface area contributed by atoms with E-state index in [1.165, 1.54) is 4.88 Å². The fraction of sp³-hybridized carbons (Fsp3) is 0.455. The second-order valence-electron chi connectivity index (χ2n) is 3.79. The lowest BCUT2D eigenvalue weighted by atomic mass is 10.1. The van der Waals surface area contributed by atoms with E-state index in [0.717, 1.165) is 23.1 Å². The largest absolute Gasteiger partial charge is 0.362 e. The van der Waals surface area contributed by atoms with Crippen LogP contribution in [0.1, 0.15) is 32.4 Å². The van der Waals surface area contributed by atoms with Gasteiger partial charge in [-0.05, 0) is 12.8 Å². The number of thiazole rings is 2. The lowest BCUT2D eigenvalue weighted by Gasteiger charge is -2.02. The third kappa shape index (κ3) is 2.25. The Hall–Kier alpha value is -0.940. The van der Waals surface area contributed by atoms with Crippen LogP contribution in [0.3, 0.4) is 0 Å². The summed E-state index contributed by atoms with van der Waals surface area (Å²) in [5.41, 5.74) is 4.10. The minimum absolute atomic E-state index is 0.450. The molecule has 0 fully saturated rings. The van der Waals surface area contributed by atoms with E-state index >= 15 is 0 Å². The molecule has 2 heterocycles. The van der Waals surface area contributed by atoms with Crippen molar-refractivity contribution >= 4 is 27.8 Å². The first-order chi connectivity index (χ1) is 7.72. The molecule has 2 aromatic heterocycles. The normalized spacial score (nSPS) is 11.0. The van der Waals surface area contributed by atoms with Crippen LogP contribution in [0, 0.1) is 0 Å². The molecular weight excluding hydrogens is 238 g/mol. The molecule has 2 aromatic rings. The quantitative estimate of drug-likeness (QED) is 0.900. The maximum absolute atomic E-state index is 4.56. The third-order valence-electron chi connectivity index (χ3n) is 2.21. The summed E-state index contributed by atoms with van der Waals surface area (Å²) < 4.78 is 0. The minimum Gasteiger partial charge on any atom is -0.362 e. The molecule has 0 radical (unpaired) electrons. The lowest BCUT2D eigenvalue weighted by molar-refractivity contribution is 0.834. The van der Waals surface area contributed by atoms with Gasteiger partial charge in [-0.1, -0.05) is 13.8 Å². The summed E-state index contributed by atoms with van der Waals surface area (Å²) in [6.45, 7) is 7.31. The Morgan fingerprint density at radius 1 is 1.38 bits per heavy atom. The van der Waals surface area contributed by atoms with Crippen LogP contribution in [0.15, 0.2) is 10.9 Å². The third-order valence-corrected chi connectivity index (χ3v) is 3.87. The summed E-state index contributed by atoms with van der Waals surface area (Å²) in [5, 5.41) is 6.31. The van der Waals surface area contributed by atoms with E-state index in [1.54, 1.807) is 22.7 Å². The van der Waals surface area contributed by atoms with E-state index in [1.807, 2.05) is 5.51 Å². The Morgan fingerprint density at radius 3 is 2.88 bits per heavy atom. The molecule has 0 aliphatic rings. The number of nitrogens with zero attached hydrogens (tertiary/aromatic N) is 2. The standard InChI is InChI=1S/C11H15N3S2/c1-4-12-11-14-8(5-15-11)10-9(7(2)3)13-6-16-10/h5-7H,4H2,1-3H3,(H,12,14). The highest BCUT2D eigenvalue weighted by Gasteiger charge is 2.14. The van der Waals surface area contributed by atoms with Gasteiger partial charge in [-0.2, -0.15) is 0 Å². The highest BCUT2D eigenvalue weighted by atomic mass is 32.1.